The fourth-order valence-electron chi connectivity index (χ4n) is 1.11. The molecule has 0 saturated carbocycles. The van der Waals surface area contributed by atoms with Crippen molar-refractivity contribution < 1.29 is 4.55 Å². The molecule has 0 spiro atoms. The number of nitrogens with one attached hydrogen (secondary N) is 1. The maximum Gasteiger partial charge on any atom is 0.263 e. The first kappa shape index (κ1) is 10.5. The van der Waals surface area contributed by atoms with E-state index in [1.807, 2.05) is 0 Å². The Bertz CT molecular complexity index is 435. The van der Waals surface area contributed by atoms with Crippen LogP contribution in [0.2, 0.25) is 5.02 Å². The summed E-state index contributed by atoms with van der Waals surface area (Å²) in [5.41, 5.74) is 0. The Morgan fingerprint density at radius 1 is 1.40 bits per heavy atom. The van der Waals surface area contributed by atoms with Crippen molar-refractivity contribution in [3.63, 3.8) is 0 Å². The third kappa shape index (κ3) is 2.50. The fraction of sp³-hybridized carbons (Fsp3) is 0.111. The predicted molar refractivity (Wildman–Crippen MR) is 57.9 cm³/mol. The second-order valence-electron chi connectivity index (χ2n) is 2.82. The fourth-order valence-corrected chi connectivity index (χ4v) is 2.49. The first-order valence-electron chi connectivity index (χ1n) is 4.24. The molecule has 1 N–H and O–H groups in total. The van der Waals surface area contributed by atoms with Gasteiger partial charge in [0.05, 0.1) is 0 Å². The zero-order valence-electron chi connectivity index (χ0n) is 7.68. The van der Waals surface area contributed by atoms with Gasteiger partial charge in [0.2, 0.25) is 0 Å². The number of H-pyrrole nitrogens is 1. The average Bonchev–Trinajstić information content (AvgIpc) is 2.71. The number of pyridine rings is 1. The molecule has 2 aromatic rings. The molecule has 0 aliphatic carbocycles. The smallest absolute Gasteiger partial charge is 0.263 e. The lowest BCUT2D eigenvalue weighted by Crippen LogP contribution is -2.08. The van der Waals surface area contributed by atoms with E-state index in [9.17, 15) is 4.55 Å². The molecule has 2 heterocycles. The highest BCUT2D eigenvalue weighted by Gasteiger charge is 2.18. The van der Waals surface area contributed by atoms with Crippen molar-refractivity contribution >= 4 is 22.8 Å². The van der Waals surface area contributed by atoms with Crippen LogP contribution in [0.25, 0.3) is 0 Å². The van der Waals surface area contributed by atoms with E-state index in [1.54, 1.807) is 30.7 Å². The van der Waals surface area contributed by atoms with Gasteiger partial charge >= 0.3 is 0 Å². The van der Waals surface area contributed by atoms with Crippen LogP contribution in [-0.2, 0) is 16.9 Å². The van der Waals surface area contributed by atoms with Crippen molar-refractivity contribution in [1.29, 1.82) is 0 Å². The summed E-state index contributed by atoms with van der Waals surface area (Å²) in [6.07, 6.45) is 4.88. The summed E-state index contributed by atoms with van der Waals surface area (Å²) < 4.78 is 11.8. The summed E-state index contributed by atoms with van der Waals surface area (Å²) in [4.78, 5) is 10.9. The van der Waals surface area contributed by atoms with Crippen LogP contribution in [0.5, 0.6) is 0 Å². The molecular formula is C9H8ClN3OS. The predicted octanol–water partition coefficient (Wildman–Crippen LogP) is 1.77. The minimum absolute atomic E-state index is 0.295. The van der Waals surface area contributed by atoms with Gasteiger partial charge in [0.1, 0.15) is 5.02 Å². The van der Waals surface area contributed by atoms with Crippen molar-refractivity contribution in [1.82, 2.24) is 15.0 Å². The third-order valence-corrected chi connectivity index (χ3v) is 3.47. The molecule has 0 aliphatic heterocycles. The monoisotopic (exact) mass is 241 g/mol. The van der Waals surface area contributed by atoms with Crippen molar-refractivity contribution in [2.75, 3.05) is 0 Å². The molecule has 1 unspecified atom stereocenters. The molecule has 0 radical (unpaired) electrons. The molecule has 0 fully saturated rings. The van der Waals surface area contributed by atoms with E-state index in [0.717, 1.165) is 0 Å². The maximum absolute atomic E-state index is 11.8. The Balaban J connectivity index is 2.15. The van der Waals surface area contributed by atoms with Crippen LogP contribution >= 0.6 is 11.6 Å². The second-order valence-corrected chi connectivity index (χ2v) is 4.59. The number of halogens is 1. The van der Waals surface area contributed by atoms with Gasteiger partial charge in [0, 0.05) is 29.8 Å². The standard InChI is InChI=1S/C9H8ClN3OS/c10-7-2-1-3-13-9(7)15(14)6-8-11-4-5-12-8/h1-5H,6H2,(H,11,12). The van der Waals surface area contributed by atoms with Gasteiger partial charge in [0.15, 0.2) is 11.6 Å². The third-order valence-electron chi connectivity index (χ3n) is 1.76. The molecule has 0 amide bonds. The quantitative estimate of drug-likeness (QED) is 0.833. The molecular weight excluding hydrogens is 234 g/mol. The minimum Gasteiger partial charge on any atom is -0.610 e. The molecule has 0 aliphatic rings. The Morgan fingerprint density at radius 2 is 2.27 bits per heavy atom. The highest BCUT2D eigenvalue weighted by Crippen LogP contribution is 2.20. The summed E-state index contributed by atoms with van der Waals surface area (Å²) in [6, 6.07) is 3.37. The van der Waals surface area contributed by atoms with Crippen LogP contribution in [0.4, 0.5) is 0 Å². The molecule has 4 nitrogen and oxygen atoms in total. The Hall–Kier alpha value is -1.04. The van der Waals surface area contributed by atoms with Crippen LogP contribution in [-0.4, -0.2) is 19.5 Å². The van der Waals surface area contributed by atoms with Gasteiger partial charge in [-0.25, -0.2) is 9.97 Å². The summed E-state index contributed by atoms with van der Waals surface area (Å²) in [5.74, 6) is 0.957. The lowest BCUT2D eigenvalue weighted by molar-refractivity contribution is 0.589. The van der Waals surface area contributed by atoms with Crippen molar-refractivity contribution in [3.05, 3.63) is 41.6 Å². The summed E-state index contributed by atoms with van der Waals surface area (Å²) in [7, 11) is 0. The van der Waals surface area contributed by atoms with Gasteiger partial charge in [0.25, 0.3) is 5.03 Å². The first-order valence-corrected chi connectivity index (χ1v) is 5.94. The van der Waals surface area contributed by atoms with E-state index in [0.29, 0.717) is 21.6 Å². The van der Waals surface area contributed by atoms with Crippen molar-refractivity contribution in [2.45, 2.75) is 10.8 Å². The molecule has 15 heavy (non-hydrogen) atoms. The van der Waals surface area contributed by atoms with Crippen LogP contribution in [0.1, 0.15) is 5.82 Å². The first-order chi connectivity index (χ1) is 7.27. The van der Waals surface area contributed by atoms with E-state index < -0.39 is 11.2 Å². The van der Waals surface area contributed by atoms with Crippen LogP contribution in [0.15, 0.2) is 35.7 Å². The number of rotatable bonds is 3. The maximum atomic E-state index is 11.8. The summed E-state index contributed by atoms with van der Waals surface area (Å²) in [6.45, 7) is 0. The van der Waals surface area contributed by atoms with Crippen LogP contribution < -0.4 is 0 Å². The molecule has 6 heteroatoms. The molecule has 0 saturated heterocycles. The lowest BCUT2D eigenvalue weighted by Gasteiger charge is -2.08. The highest BCUT2D eigenvalue weighted by atomic mass is 35.5. The Kier molecular flexibility index (Phi) is 3.25. The van der Waals surface area contributed by atoms with Gasteiger partial charge in [-0.15, -0.1) is 0 Å². The molecule has 2 rings (SSSR count). The molecule has 0 aromatic carbocycles. The van der Waals surface area contributed by atoms with E-state index in [-0.39, 0.29) is 0 Å². The molecule has 1 atom stereocenters. The summed E-state index contributed by atoms with van der Waals surface area (Å²) >= 11 is 4.61. The van der Waals surface area contributed by atoms with E-state index in [2.05, 4.69) is 15.0 Å². The van der Waals surface area contributed by atoms with Crippen molar-refractivity contribution in [2.24, 2.45) is 0 Å². The lowest BCUT2D eigenvalue weighted by atomic mass is 10.5. The van der Waals surface area contributed by atoms with E-state index in [1.165, 1.54) is 0 Å². The molecule has 2 aromatic heterocycles. The SMILES string of the molecule is [O-][S+](Cc1ncc[nH]1)c1ncccc1Cl. The number of imidazole rings is 1. The zero-order valence-corrected chi connectivity index (χ0v) is 9.26. The normalized spacial score (nSPS) is 12.7. The van der Waals surface area contributed by atoms with Gasteiger partial charge < -0.3 is 9.54 Å². The number of nitrogens with zero attached hydrogens (tertiary/aromatic N) is 2. The summed E-state index contributed by atoms with van der Waals surface area (Å²) in [5, 5.41) is 0.818. The van der Waals surface area contributed by atoms with Gasteiger partial charge in [-0.1, -0.05) is 11.6 Å². The van der Waals surface area contributed by atoms with Crippen LogP contribution in [0, 0.1) is 0 Å². The minimum atomic E-state index is -1.26. The number of aromatic nitrogens is 3. The molecule has 0 bridgehead atoms. The number of hydrogen-bond donors (Lipinski definition) is 1. The van der Waals surface area contributed by atoms with Gasteiger partial charge in [-0.3, -0.25) is 0 Å². The number of hydrogen-bond acceptors (Lipinski definition) is 3. The van der Waals surface area contributed by atoms with Gasteiger partial charge in [-0.05, 0) is 12.1 Å². The Labute approximate surface area is 94.9 Å². The molecule has 78 valence electrons. The van der Waals surface area contributed by atoms with Gasteiger partial charge in [-0.2, -0.15) is 0 Å². The largest absolute Gasteiger partial charge is 0.610 e. The highest BCUT2D eigenvalue weighted by molar-refractivity contribution is 7.90. The van der Waals surface area contributed by atoms with E-state index >= 15 is 0 Å². The van der Waals surface area contributed by atoms with Crippen LogP contribution in [0.3, 0.4) is 0 Å². The van der Waals surface area contributed by atoms with E-state index in [4.69, 9.17) is 11.6 Å². The second kappa shape index (κ2) is 4.65. The zero-order chi connectivity index (χ0) is 10.7. The van der Waals surface area contributed by atoms with Crippen molar-refractivity contribution in [3.8, 4) is 0 Å². The average molecular weight is 242 g/mol. The topological polar surface area (TPSA) is 64.6 Å². The number of aromatic amines is 1. The Morgan fingerprint density at radius 3 is 2.93 bits per heavy atom.